The summed E-state index contributed by atoms with van der Waals surface area (Å²) in [4.78, 5) is 4.12. The lowest BCUT2D eigenvalue weighted by Gasteiger charge is -2.09. The van der Waals surface area contributed by atoms with Crippen molar-refractivity contribution < 1.29 is 0 Å². The third-order valence-corrected chi connectivity index (χ3v) is 3.39. The molecule has 100 valence electrons. The Morgan fingerprint density at radius 1 is 1.11 bits per heavy atom. The SMILES string of the molecule is Nc1ccc(Cl)nc1NCCc1ccc(Cl)cc1Cl. The molecule has 0 unspecified atom stereocenters. The van der Waals surface area contributed by atoms with E-state index in [0.29, 0.717) is 33.2 Å². The van der Waals surface area contributed by atoms with Crippen LogP contribution in [0.4, 0.5) is 11.5 Å². The molecular weight excluding hydrogens is 305 g/mol. The highest BCUT2D eigenvalue weighted by Gasteiger charge is 2.04. The molecule has 1 heterocycles. The molecule has 1 aromatic heterocycles. The van der Waals surface area contributed by atoms with Crippen LogP contribution in [0.15, 0.2) is 30.3 Å². The van der Waals surface area contributed by atoms with Crippen molar-refractivity contribution in [1.82, 2.24) is 4.98 Å². The maximum Gasteiger partial charge on any atom is 0.150 e. The molecule has 3 N–H and O–H groups in total. The number of aromatic nitrogens is 1. The number of hydrogen-bond acceptors (Lipinski definition) is 3. The van der Waals surface area contributed by atoms with Crippen molar-refractivity contribution in [2.75, 3.05) is 17.6 Å². The van der Waals surface area contributed by atoms with Crippen molar-refractivity contribution in [2.45, 2.75) is 6.42 Å². The lowest BCUT2D eigenvalue weighted by atomic mass is 10.1. The minimum absolute atomic E-state index is 0.404. The Kier molecular flexibility index (Phi) is 4.75. The van der Waals surface area contributed by atoms with E-state index in [1.54, 1.807) is 18.2 Å². The van der Waals surface area contributed by atoms with Crippen molar-refractivity contribution in [3.8, 4) is 0 Å². The third kappa shape index (κ3) is 3.90. The van der Waals surface area contributed by atoms with Gasteiger partial charge >= 0.3 is 0 Å². The van der Waals surface area contributed by atoms with E-state index in [1.807, 2.05) is 12.1 Å². The molecule has 0 aliphatic heterocycles. The number of anilines is 2. The van der Waals surface area contributed by atoms with Crippen molar-refractivity contribution >= 4 is 46.3 Å². The second kappa shape index (κ2) is 6.33. The van der Waals surface area contributed by atoms with E-state index in [0.717, 1.165) is 12.0 Å². The zero-order valence-electron chi connectivity index (χ0n) is 9.96. The number of benzene rings is 1. The molecule has 2 aromatic rings. The molecule has 0 saturated carbocycles. The van der Waals surface area contributed by atoms with Gasteiger partial charge in [0.05, 0.1) is 5.69 Å². The first-order chi connectivity index (χ1) is 9.06. The third-order valence-electron chi connectivity index (χ3n) is 2.59. The molecule has 1 aromatic carbocycles. The van der Waals surface area contributed by atoms with Crippen LogP contribution in [0.25, 0.3) is 0 Å². The number of pyridine rings is 1. The Labute approximate surface area is 126 Å². The Bertz CT molecular complexity index is 587. The minimum Gasteiger partial charge on any atom is -0.396 e. The summed E-state index contributed by atoms with van der Waals surface area (Å²) in [5.74, 6) is 0.581. The standard InChI is InChI=1S/C13H12Cl3N3/c14-9-2-1-8(10(15)7-9)5-6-18-13-11(17)3-4-12(16)19-13/h1-4,7H,5-6,17H2,(H,18,19). The van der Waals surface area contributed by atoms with Crippen LogP contribution in [0.3, 0.4) is 0 Å². The fourth-order valence-corrected chi connectivity index (χ4v) is 2.28. The molecule has 0 aliphatic rings. The second-order valence-electron chi connectivity index (χ2n) is 3.98. The predicted octanol–water partition coefficient (Wildman–Crippen LogP) is 4.28. The quantitative estimate of drug-likeness (QED) is 0.828. The average Bonchev–Trinajstić information content (AvgIpc) is 2.36. The molecule has 0 bridgehead atoms. The highest BCUT2D eigenvalue weighted by Crippen LogP contribution is 2.22. The lowest BCUT2D eigenvalue weighted by molar-refractivity contribution is 1.01. The van der Waals surface area contributed by atoms with Gasteiger partial charge in [0, 0.05) is 16.6 Å². The Balaban J connectivity index is 1.98. The van der Waals surface area contributed by atoms with Crippen LogP contribution in [0.2, 0.25) is 15.2 Å². The van der Waals surface area contributed by atoms with Crippen LogP contribution in [0.5, 0.6) is 0 Å². The zero-order valence-corrected chi connectivity index (χ0v) is 12.2. The van der Waals surface area contributed by atoms with Crippen molar-refractivity contribution in [3.63, 3.8) is 0 Å². The molecule has 3 nitrogen and oxygen atoms in total. The van der Waals surface area contributed by atoms with E-state index in [4.69, 9.17) is 40.5 Å². The van der Waals surface area contributed by atoms with Crippen molar-refractivity contribution in [1.29, 1.82) is 0 Å². The second-order valence-corrected chi connectivity index (χ2v) is 5.22. The number of hydrogen-bond donors (Lipinski definition) is 2. The molecule has 0 amide bonds. The number of halogens is 3. The van der Waals surface area contributed by atoms with Crippen LogP contribution < -0.4 is 11.1 Å². The van der Waals surface area contributed by atoms with Gasteiger partial charge in [-0.05, 0) is 36.2 Å². The number of nitrogens with two attached hydrogens (primary N) is 1. The van der Waals surface area contributed by atoms with Gasteiger partial charge in [0.15, 0.2) is 5.82 Å². The predicted molar refractivity (Wildman–Crippen MR) is 82.3 cm³/mol. The summed E-state index contributed by atoms with van der Waals surface area (Å²) in [7, 11) is 0. The van der Waals surface area contributed by atoms with Crippen molar-refractivity contribution in [3.05, 3.63) is 51.1 Å². The monoisotopic (exact) mass is 315 g/mol. The largest absolute Gasteiger partial charge is 0.396 e. The molecule has 0 atom stereocenters. The summed E-state index contributed by atoms with van der Waals surface area (Å²) in [6.45, 7) is 0.652. The van der Waals surface area contributed by atoms with Gasteiger partial charge < -0.3 is 11.1 Å². The fourth-order valence-electron chi connectivity index (χ4n) is 1.63. The summed E-state index contributed by atoms with van der Waals surface area (Å²) in [5, 5.41) is 4.82. The number of rotatable bonds is 4. The van der Waals surface area contributed by atoms with Gasteiger partial charge in [0.2, 0.25) is 0 Å². The van der Waals surface area contributed by atoms with Gasteiger partial charge in [0.25, 0.3) is 0 Å². The first-order valence-electron chi connectivity index (χ1n) is 5.66. The van der Waals surface area contributed by atoms with Crippen LogP contribution in [0.1, 0.15) is 5.56 Å². The lowest BCUT2D eigenvalue weighted by Crippen LogP contribution is -2.08. The highest BCUT2D eigenvalue weighted by molar-refractivity contribution is 6.35. The number of nitrogens with zero attached hydrogens (tertiary/aromatic N) is 1. The topological polar surface area (TPSA) is 50.9 Å². The number of nitrogens with one attached hydrogen (secondary N) is 1. The van der Waals surface area contributed by atoms with Gasteiger partial charge in [-0.15, -0.1) is 0 Å². The summed E-state index contributed by atoms with van der Waals surface area (Å²) in [5.41, 5.74) is 7.37. The van der Waals surface area contributed by atoms with Gasteiger partial charge in [-0.1, -0.05) is 40.9 Å². The first-order valence-corrected chi connectivity index (χ1v) is 6.79. The van der Waals surface area contributed by atoms with E-state index in [-0.39, 0.29) is 0 Å². The summed E-state index contributed by atoms with van der Waals surface area (Å²) >= 11 is 17.8. The molecule has 0 aliphatic carbocycles. The maximum atomic E-state index is 6.09. The summed E-state index contributed by atoms with van der Waals surface area (Å²) in [6.07, 6.45) is 0.740. The van der Waals surface area contributed by atoms with Gasteiger partial charge in [0.1, 0.15) is 5.15 Å². The minimum atomic E-state index is 0.404. The normalized spacial score (nSPS) is 10.5. The summed E-state index contributed by atoms with van der Waals surface area (Å²) < 4.78 is 0. The number of nitrogen functional groups attached to an aromatic ring is 1. The average molecular weight is 317 g/mol. The molecular formula is C13H12Cl3N3. The Morgan fingerprint density at radius 2 is 1.89 bits per heavy atom. The van der Waals surface area contributed by atoms with E-state index >= 15 is 0 Å². The van der Waals surface area contributed by atoms with Gasteiger partial charge in [-0.3, -0.25) is 0 Å². The Hall–Kier alpha value is -1.16. The van der Waals surface area contributed by atoms with Gasteiger partial charge in [-0.2, -0.15) is 0 Å². The van der Waals surface area contributed by atoms with Gasteiger partial charge in [-0.25, -0.2) is 4.98 Å². The van der Waals surface area contributed by atoms with E-state index in [9.17, 15) is 0 Å². The van der Waals surface area contributed by atoms with Crippen LogP contribution >= 0.6 is 34.8 Å². The molecule has 0 saturated heterocycles. The highest BCUT2D eigenvalue weighted by atomic mass is 35.5. The molecule has 0 radical (unpaired) electrons. The fraction of sp³-hybridized carbons (Fsp3) is 0.154. The van der Waals surface area contributed by atoms with E-state index in [2.05, 4.69) is 10.3 Å². The maximum absolute atomic E-state index is 6.09. The first kappa shape index (κ1) is 14.3. The zero-order chi connectivity index (χ0) is 13.8. The van der Waals surface area contributed by atoms with Crippen LogP contribution in [0, 0.1) is 0 Å². The summed E-state index contributed by atoms with van der Waals surface area (Å²) in [6, 6.07) is 8.81. The molecule has 6 heteroatoms. The molecule has 19 heavy (non-hydrogen) atoms. The Morgan fingerprint density at radius 3 is 2.63 bits per heavy atom. The van der Waals surface area contributed by atoms with Crippen LogP contribution in [-0.4, -0.2) is 11.5 Å². The van der Waals surface area contributed by atoms with Crippen molar-refractivity contribution in [2.24, 2.45) is 0 Å². The van der Waals surface area contributed by atoms with Crippen LogP contribution in [-0.2, 0) is 6.42 Å². The molecule has 2 rings (SSSR count). The van der Waals surface area contributed by atoms with E-state index in [1.165, 1.54) is 0 Å². The molecule has 0 spiro atoms. The van der Waals surface area contributed by atoms with E-state index < -0.39 is 0 Å². The molecule has 0 fully saturated rings. The smallest absolute Gasteiger partial charge is 0.150 e.